The van der Waals surface area contributed by atoms with Crippen LogP contribution in [0.15, 0.2) is 46.5 Å². The summed E-state index contributed by atoms with van der Waals surface area (Å²) in [6.45, 7) is 0. The first-order valence-electron chi connectivity index (χ1n) is 6.79. The van der Waals surface area contributed by atoms with Gasteiger partial charge in [0.2, 0.25) is 10.0 Å². The number of hydrogen-bond donors (Lipinski definition) is 1. The number of aromatic nitrogens is 1. The minimum atomic E-state index is -3.60. The number of nitrogens with one attached hydrogen (secondary N) is 1. The summed E-state index contributed by atoms with van der Waals surface area (Å²) < 4.78 is 26.2. The van der Waals surface area contributed by atoms with Crippen molar-refractivity contribution < 1.29 is 13.2 Å². The lowest BCUT2D eigenvalue weighted by Crippen LogP contribution is -2.23. The molecule has 9 heteroatoms. The molecule has 0 aliphatic carbocycles. The first-order valence-corrected chi connectivity index (χ1v) is 10.5. The van der Waals surface area contributed by atoms with Crippen molar-refractivity contribution in [3.8, 4) is 0 Å². The molecule has 0 saturated heterocycles. The molecule has 24 heavy (non-hydrogen) atoms. The predicted molar refractivity (Wildman–Crippen MR) is 104 cm³/mol. The van der Waals surface area contributed by atoms with Crippen molar-refractivity contribution >= 4 is 56.0 Å². The third-order valence-electron chi connectivity index (χ3n) is 3.16. The van der Waals surface area contributed by atoms with Gasteiger partial charge in [0.25, 0.3) is 5.91 Å². The summed E-state index contributed by atoms with van der Waals surface area (Å²) >= 11 is 3.51. The lowest BCUT2D eigenvalue weighted by Gasteiger charge is -2.13. The van der Waals surface area contributed by atoms with Crippen LogP contribution in [0.1, 0.15) is 10.4 Å². The highest BCUT2D eigenvalue weighted by atomic mass is 127. The van der Waals surface area contributed by atoms with Crippen LogP contribution in [0.25, 0.3) is 0 Å². The van der Waals surface area contributed by atoms with Crippen molar-refractivity contribution in [1.82, 2.24) is 9.29 Å². The molecule has 0 atom stereocenters. The molecular weight excluding hydrogens is 461 g/mol. The Bertz CT molecular complexity index is 853. The predicted octanol–water partition coefficient (Wildman–Crippen LogP) is 2.91. The summed E-state index contributed by atoms with van der Waals surface area (Å²) in [5.41, 5.74) is 0.849. The smallest absolute Gasteiger partial charge is 0.256 e. The van der Waals surface area contributed by atoms with Crippen molar-refractivity contribution in [2.24, 2.45) is 0 Å². The molecule has 1 aromatic heterocycles. The fourth-order valence-electron chi connectivity index (χ4n) is 1.82. The molecule has 0 aliphatic heterocycles. The van der Waals surface area contributed by atoms with E-state index < -0.39 is 10.0 Å². The van der Waals surface area contributed by atoms with Gasteiger partial charge in [-0.1, -0.05) is 0 Å². The van der Waals surface area contributed by atoms with Crippen LogP contribution in [0.2, 0.25) is 0 Å². The van der Waals surface area contributed by atoms with E-state index in [-0.39, 0.29) is 10.8 Å². The van der Waals surface area contributed by atoms with E-state index in [1.807, 2.05) is 28.8 Å². The summed E-state index contributed by atoms with van der Waals surface area (Å²) in [6.07, 6.45) is 3.48. The number of rotatable bonds is 5. The molecule has 1 aromatic carbocycles. The minimum absolute atomic E-state index is 0.0777. The van der Waals surface area contributed by atoms with E-state index in [0.29, 0.717) is 14.8 Å². The molecule has 1 heterocycles. The van der Waals surface area contributed by atoms with Gasteiger partial charge in [-0.2, -0.15) is 0 Å². The highest BCUT2D eigenvalue weighted by Gasteiger charge is 2.20. The van der Waals surface area contributed by atoms with Gasteiger partial charge in [0, 0.05) is 17.7 Å². The minimum Gasteiger partial charge on any atom is -0.321 e. The lowest BCUT2D eigenvalue weighted by atomic mass is 10.2. The van der Waals surface area contributed by atoms with Gasteiger partial charge in [0.05, 0.1) is 27.4 Å². The summed E-state index contributed by atoms with van der Waals surface area (Å²) in [5, 5.41) is 3.58. The fourth-order valence-corrected chi connectivity index (χ4v) is 3.69. The summed E-state index contributed by atoms with van der Waals surface area (Å²) in [6, 6.07) is 8.04. The second-order valence-corrected chi connectivity index (χ2v) is 9.11. The van der Waals surface area contributed by atoms with Gasteiger partial charge in [0.15, 0.2) is 0 Å². The average Bonchev–Trinajstić information content (AvgIpc) is 2.55. The van der Waals surface area contributed by atoms with Crippen LogP contribution >= 0.6 is 34.4 Å². The van der Waals surface area contributed by atoms with Crippen molar-refractivity contribution in [2.45, 2.75) is 9.92 Å². The number of amides is 1. The number of carbonyl (C=O) groups excluding carboxylic acids is 1. The normalized spacial score (nSPS) is 11.5. The van der Waals surface area contributed by atoms with Gasteiger partial charge < -0.3 is 5.32 Å². The summed E-state index contributed by atoms with van der Waals surface area (Å²) in [7, 11) is -0.696. The van der Waals surface area contributed by atoms with E-state index in [1.54, 1.807) is 24.4 Å². The van der Waals surface area contributed by atoms with E-state index >= 15 is 0 Å². The Labute approximate surface area is 159 Å². The van der Waals surface area contributed by atoms with Crippen LogP contribution < -0.4 is 5.32 Å². The molecule has 0 radical (unpaired) electrons. The molecule has 6 nitrogen and oxygen atoms in total. The van der Waals surface area contributed by atoms with E-state index in [0.717, 1.165) is 9.33 Å². The molecule has 128 valence electrons. The number of thioether (sulfide) groups is 1. The number of benzene rings is 1. The van der Waals surface area contributed by atoms with Crippen LogP contribution in [0.3, 0.4) is 0 Å². The van der Waals surface area contributed by atoms with Crippen LogP contribution in [-0.4, -0.2) is 44.0 Å². The average molecular weight is 477 g/mol. The molecule has 0 aliphatic rings. The van der Waals surface area contributed by atoms with Crippen LogP contribution in [0, 0.1) is 3.57 Å². The molecule has 0 unspecified atom stereocenters. The van der Waals surface area contributed by atoms with Gasteiger partial charge in [0.1, 0.15) is 0 Å². The molecule has 0 spiro atoms. The third-order valence-corrected chi connectivity index (χ3v) is 6.58. The quantitative estimate of drug-likeness (QED) is 0.530. The van der Waals surface area contributed by atoms with Gasteiger partial charge in [-0.05, 0) is 59.2 Å². The number of carbonyl (C=O) groups is 1. The number of halogens is 1. The van der Waals surface area contributed by atoms with Gasteiger partial charge in [-0.15, -0.1) is 11.8 Å². The Morgan fingerprint density at radius 3 is 2.50 bits per heavy atom. The summed E-state index contributed by atoms with van der Waals surface area (Å²) in [4.78, 5) is 16.7. The molecule has 0 bridgehead atoms. The zero-order valence-electron chi connectivity index (χ0n) is 13.3. The molecular formula is C15H16IN3O3S2. The topological polar surface area (TPSA) is 79.4 Å². The van der Waals surface area contributed by atoms with E-state index in [4.69, 9.17) is 0 Å². The molecule has 1 N–H and O–H groups in total. The summed E-state index contributed by atoms with van der Waals surface area (Å²) in [5.74, 6) is -0.381. The molecule has 0 saturated carbocycles. The second kappa shape index (κ2) is 7.81. The van der Waals surface area contributed by atoms with Crippen molar-refractivity contribution in [2.75, 3.05) is 25.7 Å². The number of hydrogen-bond acceptors (Lipinski definition) is 5. The third kappa shape index (κ3) is 4.26. The standard InChI is InChI=1S/C15H16IN3O3S2/c1-19(2)24(21,22)11-5-6-13(16)12(8-11)15(20)18-10-4-7-14(23-3)17-9-10/h4-9H,1-3H3,(H,18,20). The Balaban J connectivity index is 2.31. The molecule has 2 aromatic rings. The Morgan fingerprint density at radius 1 is 1.25 bits per heavy atom. The number of pyridine rings is 1. The SMILES string of the molecule is CSc1ccc(NC(=O)c2cc(S(=O)(=O)N(C)C)ccc2I)cn1. The lowest BCUT2D eigenvalue weighted by molar-refractivity contribution is 0.102. The monoisotopic (exact) mass is 477 g/mol. The van der Waals surface area contributed by atoms with Crippen LogP contribution in [0.4, 0.5) is 5.69 Å². The highest BCUT2D eigenvalue weighted by molar-refractivity contribution is 14.1. The van der Waals surface area contributed by atoms with Gasteiger partial charge in [-0.25, -0.2) is 17.7 Å². The first kappa shape index (κ1) is 19.2. The fraction of sp³-hybridized carbons (Fsp3) is 0.200. The Kier molecular flexibility index (Phi) is 6.23. The molecule has 1 amide bonds. The van der Waals surface area contributed by atoms with Crippen molar-refractivity contribution in [1.29, 1.82) is 0 Å². The molecule has 2 rings (SSSR count). The van der Waals surface area contributed by atoms with E-state index in [9.17, 15) is 13.2 Å². The van der Waals surface area contributed by atoms with Gasteiger partial charge in [-0.3, -0.25) is 4.79 Å². The largest absolute Gasteiger partial charge is 0.321 e. The maximum absolute atomic E-state index is 12.5. The Hall–Kier alpha value is -1.17. The van der Waals surface area contributed by atoms with Crippen molar-refractivity contribution in [3.63, 3.8) is 0 Å². The first-order chi connectivity index (χ1) is 11.3. The zero-order chi connectivity index (χ0) is 17.9. The number of anilines is 1. The van der Waals surface area contributed by atoms with Crippen molar-refractivity contribution in [3.05, 3.63) is 45.7 Å². The number of nitrogens with zero attached hydrogens (tertiary/aromatic N) is 2. The highest BCUT2D eigenvalue weighted by Crippen LogP contribution is 2.21. The zero-order valence-corrected chi connectivity index (χ0v) is 17.1. The maximum atomic E-state index is 12.5. The van der Waals surface area contributed by atoms with Crippen LogP contribution in [0.5, 0.6) is 0 Å². The number of sulfonamides is 1. The van der Waals surface area contributed by atoms with E-state index in [1.165, 1.54) is 38.0 Å². The van der Waals surface area contributed by atoms with Crippen LogP contribution in [-0.2, 0) is 10.0 Å². The maximum Gasteiger partial charge on any atom is 0.256 e. The van der Waals surface area contributed by atoms with E-state index in [2.05, 4.69) is 10.3 Å². The van der Waals surface area contributed by atoms with Gasteiger partial charge >= 0.3 is 0 Å². The molecule has 0 fully saturated rings. The second-order valence-electron chi connectivity index (χ2n) is 4.97. The Morgan fingerprint density at radius 2 is 1.96 bits per heavy atom.